The lowest BCUT2D eigenvalue weighted by Gasteiger charge is -2.30. The Morgan fingerprint density at radius 3 is 1.90 bits per heavy atom. The average molecular weight is 433 g/mol. The number of para-hydroxylation sites is 2. The maximum atomic E-state index is 14.0. The van der Waals surface area contributed by atoms with Crippen LogP contribution in [0.1, 0.15) is 46.5 Å². The van der Waals surface area contributed by atoms with Gasteiger partial charge in [0.25, 0.3) is 0 Å². The minimum absolute atomic E-state index is 0.186. The van der Waals surface area contributed by atoms with Gasteiger partial charge >= 0.3 is 13.6 Å². The average Bonchev–Trinajstić information content (AvgIpc) is 2.73. The third kappa shape index (κ3) is 7.75. The summed E-state index contributed by atoms with van der Waals surface area (Å²) >= 11 is 0. The first-order chi connectivity index (χ1) is 14.4. The van der Waals surface area contributed by atoms with E-state index in [1.54, 1.807) is 48.5 Å². The van der Waals surface area contributed by atoms with Crippen LogP contribution in [-0.2, 0) is 4.57 Å². The van der Waals surface area contributed by atoms with Gasteiger partial charge in [-0.3, -0.25) is 0 Å². The van der Waals surface area contributed by atoms with E-state index in [9.17, 15) is 9.36 Å². The number of benzene rings is 2. The summed E-state index contributed by atoms with van der Waals surface area (Å²) in [5, 5.41) is 5.67. The van der Waals surface area contributed by atoms with Crippen LogP contribution >= 0.6 is 7.60 Å². The van der Waals surface area contributed by atoms with Crippen molar-refractivity contribution >= 4 is 13.6 Å². The van der Waals surface area contributed by atoms with Crippen molar-refractivity contribution in [1.82, 2.24) is 10.6 Å². The van der Waals surface area contributed by atoms with Crippen LogP contribution in [0.3, 0.4) is 0 Å². The highest BCUT2D eigenvalue weighted by Crippen LogP contribution is 2.54. The Balaban J connectivity index is 2.17. The zero-order chi connectivity index (χ0) is 21.8. The van der Waals surface area contributed by atoms with Crippen LogP contribution in [0.15, 0.2) is 60.7 Å². The van der Waals surface area contributed by atoms with Gasteiger partial charge in [-0.1, -0.05) is 76.4 Å². The molecule has 2 N–H and O–H groups in total. The molecule has 30 heavy (non-hydrogen) atoms. The first kappa shape index (κ1) is 23.8. The van der Waals surface area contributed by atoms with Crippen LogP contribution < -0.4 is 19.7 Å². The Labute approximate surface area is 179 Å². The molecular weight excluding hydrogens is 399 g/mol. The van der Waals surface area contributed by atoms with Crippen LogP contribution in [0, 0.1) is 5.92 Å². The van der Waals surface area contributed by atoms with Crippen LogP contribution in [0.4, 0.5) is 4.79 Å². The SMILES string of the molecule is CCCCCCNC(=O)NC(C(C)C)P(=O)(Oc1ccccc1)Oc1ccccc1. The molecule has 0 aliphatic rings. The molecule has 6 nitrogen and oxygen atoms in total. The molecule has 7 heteroatoms. The molecule has 0 aliphatic heterocycles. The zero-order valence-electron chi connectivity index (χ0n) is 18.0. The molecule has 1 atom stereocenters. The molecule has 1 unspecified atom stereocenters. The van der Waals surface area contributed by atoms with Crippen molar-refractivity contribution in [2.24, 2.45) is 5.92 Å². The Morgan fingerprint density at radius 1 is 0.900 bits per heavy atom. The quantitative estimate of drug-likeness (QED) is 0.309. The van der Waals surface area contributed by atoms with E-state index < -0.39 is 13.4 Å². The molecule has 0 aliphatic carbocycles. The number of urea groups is 1. The van der Waals surface area contributed by atoms with Crippen molar-refractivity contribution < 1.29 is 18.4 Å². The van der Waals surface area contributed by atoms with Crippen LogP contribution in [-0.4, -0.2) is 18.4 Å². The van der Waals surface area contributed by atoms with Gasteiger partial charge in [0, 0.05) is 6.54 Å². The first-order valence-electron chi connectivity index (χ1n) is 10.6. The second-order valence-electron chi connectivity index (χ2n) is 7.50. The first-order valence-corrected chi connectivity index (χ1v) is 12.2. The number of carbonyl (C=O) groups is 1. The Kier molecular flexibility index (Phi) is 9.75. The summed E-state index contributed by atoms with van der Waals surface area (Å²) in [5.41, 5.74) is 0. The summed E-state index contributed by atoms with van der Waals surface area (Å²) in [7, 11) is -3.80. The van der Waals surface area contributed by atoms with Gasteiger partial charge < -0.3 is 19.7 Å². The number of hydrogen-bond donors (Lipinski definition) is 2. The van der Waals surface area contributed by atoms with E-state index in [1.165, 1.54) is 0 Å². The maximum Gasteiger partial charge on any atom is 0.453 e. The maximum absolute atomic E-state index is 14.0. The highest BCUT2D eigenvalue weighted by atomic mass is 31.2. The van der Waals surface area contributed by atoms with E-state index in [0.29, 0.717) is 18.0 Å². The van der Waals surface area contributed by atoms with E-state index in [2.05, 4.69) is 17.6 Å². The van der Waals surface area contributed by atoms with Crippen molar-refractivity contribution in [3.63, 3.8) is 0 Å². The van der Waals surface area contributed by atoms with Crippen molar-refractivity contribution in [3.8, 4) is 11.5 Å². The lowest BCUT2D eigenvalue weighted by Crippen LogP contribution is -2.46. The highest BCUT2D eigenvalue weighted by Gasteiger charge is 2.42. The molecule has 0 heterocycles. The molecule has 2 aromatic rings. The third-order valence-corrected chi connectivity index (χ3v) is 6.86. The van der Waals surface area contributed by atoms with Crippen molar-refractivity contribution in [2.75, 3.05) is 6.54 Å². The number of nitrogens with one attached hydrogen (secondary N) is 2. The van der Waals surface area contributed by atoms with Gasteiger partial charge in [-0.15, -0.1) is 0 Å². The summed E-state index contributed by atoms with van der Waals surface area (Å²) in [6, 6.07) is 17.4. The molecule has 2 rings (SSSR count). The van der Waals surface area contributed by atoms with Gasteiger partial charge in [0.05, 0.1) is 0 Å². The minimum atomic E-state index is -3.80. The molecule has 0 fully saturated rings. The van der Waals surface area contributed by atoms with Gasteiger partial charge in [-0.25, -0.2) is 9.36 Å². The summed E-state index contributed by atoms with van der Waals surface area (Å²) in [5.74, 6) is -0.170. The molecule has 164 valence electrons. The van der Waals surface area contributed by atoms with E-state index in [-0.39, 0.29) is 11.9 Å². The number of hydrogen-bond acceptors (Lipinski definition) is 4. The number of rotatable bonds is 12. The Bertz CT molecular complexity index is 754. The lowest BCUT2D eigenvalue weighted by atomic mass is 10.2. The Hall–Kier alpha value is -2.46. The van der Waals surface area contributed by atoms with Crippen molar-refractivity contribution in [2.45, 2.75) is 52.2 Å². The van der Waals surface area contributed by atoms with Gasteiger partial charge in [0.2, 0.25) is 0 Å². The second-order valence-corrected chi connectivity index (χ2v) is 9.50. The largest absolute Gasteiger partial charge is 0.453 e. The van der Waals surface area contributed by atoms with Crippen LogP contribution in [0.5, 0.6) is 11.5 Å². The summed E-state index contributed by atoms with van der Waals surface area (Å²) in [6.07, 6.45) is 4.25. The lowest BCUT2D eigenvalue weighted by molar-refractivity contribution is 0.234. The fourth-order valence-electron chi connectivity index (χ4n) is 2.94. The minimum Gasteiger partial charge on any atom is -0.415 e. The van der Waals surface area contributed by atoms with Gasteiger partial charge in [-0.05, 0) is 36.6 Å². The predicted molar refractivity (Wildman–Crippen MR) is 121 cm³/mol. The molecule has 0 bridgehead atoms. The molecule has 0 aromatic heterocycles. The number of carbonyl (C=O) groups excluding carboxylic acids is 1. The molecule has 0 saturated heterocycles. The summed E-state index contributed by atoms with van der Waals surface area (Å²) in [6.45, 7) is 6.47. The molecule has 2 amide bonds. The topological polar surface area (TPSA) is 76.7 Å². The summed E-state index contributed by atoms with van der Waals surface area (Å²) < 4.78 is 25.7. The van der Waals surface area contributed by atoms with Crippen molar-refractivity contribution in [3.05, 3.63) is 60.7 Å². The molecular formula is C23H33N2O4P. The zero-order valence-corrected chi connectivity index (χ0v) is 18.9. The fraction of sp³-hybridized carbons (Fsp3) is 0.435. The van der Waals surface area contributed by atoms with Gasteiger partial charge in [0.1, 0.15) is 11.5 Å². The van der Waals surface area contributed by atoms with E-state index in [1.807, 2.05) is 26.0 Å². The summed E-state index contributed by atoms with van der Waals surface area (Å²) in [4.78, 5) is 12.5. The molecule has 0 saturated carbocycles. The van der Waals surface area contributed by atoms with Gasteiger partial charge in [0.15, 0.2) is 5.78 Å². The fourth-order valence-corrected chi connectivity index (χ4v) is 5.04. The van der Waals surface area contributed by atoms with Crippen LogP contribution in [0.25, 0.3) is 0 Å². The standard InChI is InChI=1S/C23H33N2O4P/c1-4-5-6-13-18-24-23(26)25-22(19(2)3)30(27,28-20-14-9-7-10-15-20)29-21-16-11-8-12-17-21/h7-12,14-17,19,22H,4-6,13,18H2,1-3H3,(H2,24,25,26). The monoisotopic (exact) mass is 432 g/mol. The number of amides is 2. The highest BCUT2D eigenvalue weighted by molar-refractivity contribution is 7.55. The smallest absolute Gasteiger partial charge is 0.415 e. The third-order valence-electron chi connectivity index (χ3n) is 4.52. The predicted octanol–water partition coefficient (Wildman–Crippen LogP) is 6.20. The van der Waals surface area contributed by atoms with E-state index in [4.69, 9.17) is 9.05 Å². The normalized spacial score (nSPS) is 12.3. The van der Waals surface area contributed by atoms with Crippen LogP contribution in [0.2, 0.25) is 0 Å². The second kappa shape index (κ2) is 12.3. The van der Waals surface area contributed by atoms with Gasteiger partial charge in [-0.2, -0.15) is 0 Å². The van der Waals surface area contributed by atoms with E-state index in [0.717, 1.165) is 25.7 Å². The molecule has 0 radical (unpaired) electrons. The molecule has 0 spiro atoms. The number of unbranched alkanes of at least 4 members (excludes halogenated alkanes) is 3. The Morgan fingerprint density at radius 2 is 1.43 bits per heavy atom. The molecule has 2 aromatic carbocycles. The van der Waals surface area contributed by atoms with E-state index >= 15 is 0 Å². The van der Waals surface area contributed by atoms with Crippen molar-refractivity contribution in [1.29, 1.82) is 0 Å².